The number of ether oxygens (including phenoxy) is 1. The van der Waals surface area contributed by atoms with Gasteiger partial charge in [-0.2, -0.15) is 13.2 Å². The molecule has 0 aliphatic carbocycles. The molecule has 2 aromatic heterocycles. The average Bonchev–Trinajstić information content (AvgIpc) is 3.52. The number of carbonyl (C=O) groups excluding carboxylic acids is 1. The Labute approximate surface area is 254 Å². The Morgan fingerprint density at radius 1 is 1.14 bits per heavy atom. The molecule has 13 heteroatoms. The van der Waals surface area contributed by atoms with Crippen LogP contribution in [0.2, 0.25) is 0 Å². The zero-order chi connectivity index (χ0) is 31.4. The Morgan fingerprint density at radius 3 is 2.59 bits per heavy atom. The fourth-order valence-electron chi connectivity index (χ4n) is 6.86. The summed E-state index contributed by atoms with van der Waals surface area (Å²) in [5.74, 6) is -1.67. The third-order valence-electron chi connectivity index (χ3n) is 9.12. The summed E-state index contributed by atoms with van der Waals surface area (Å²) in [5.41, 5.74) is 1.42. The molecule has 238 valence electrons. The van der Waals surface area contributed by atoms with Gasteiger partial charge in [0.05, 0.1) is 25.4 Å². The maximum Gasteiger partial charge on any atom is 0.452 e. The second-order valence-electron chi connectivity index (χ2n) is 13.1. The van der Waals surface area contributed by atoms with Crippen LogP contribution in [-0.2, 0) is 27.5 Å². The van der Waals surface area contributed by atoms with E-state index in [1.54, 1.807) is 23.1 Å². The van der Waals surface area contributed by atoms with Crippen LogP contribution in [-0.4, -0.2) is 101 Å². The smallest absolute Gasteiger partial charge is 0.379 e. The second kappa shape index (κ2) is 11.7. The molecule has 2 fully saturated rings. The molecule has 0 saturated carbocycles. The zero-order valence-electron chi connectivity index (χ0n) is 25.5. The van der Waals surface area contributed by atoms with E-state index in [1.807, 2.05) is 13.8 Å². The van der Waals surface area contributed by atoms with Gasteiger partial charge in [-0.3, -0.25) is 19.0 Å². The van der Waals surface area contributed by atoms with E-state index in [0.29, 0.717) is 49.2 Å². The lowest BCUT2D eigenvalue weighted by molar-refractivity contribution is -0.145. The van der Waals surface area contributed by atoms with Crippen LogP contribution in [0.5, 0.6) is 0 Å². The number of alkyl halides is 3. The SMILES string of the molecule is C[C@@H]1CN(CC(=O)N2CC(C)(C)c3c2cc(Cc2ccc(F)cc2)n2c(C(F)(F)F)nnc32)[C@@H](CN2CCOC[C@H]2C)CN1. The van der Waals surface area contributed by atoms with Crippen LogP contribution in [0, 0.1) is 5.82 Å². The van der Waals surface area contributed by atoms with Gasteiger partial charge in [0.15, 0.2) is 5.65 Å². The number of anilines is 1. The summed E-state index contributed by atoms with van der Waals surface area (Å²) in [7, 11) is 0. The topological polar surface area (TPSA) is 78.2 Å². The van der Waals surface area contributed by atoms with E-state index in [9.17, 15) is 22.4 Å². The number of carbonyl (C=O) groups is 1. The molecule has 3 aliphatic rings. The van der Waals surface area contributed by atoms with Crippen molar-refractivity contribution in [2.24, 2.45) is 0 Å². The fraction of sp³-hybridized carbons (Fsp3) is 0.581. The van der Waals surface area contributed by atoms with Crippen LogP contribution in [0.4, 0.5) is 23.2 Å². The summed E-state index contributed by atoms with van der Waals surface area (Å²) < 4.78 is 62.7. The number of halogens is 4. The fourth-order valence-corrected chi connectivity index (χ4v) is 6.86. The average molecular weight is 618 g/mol. The molecule has 5 heterocycles. The van der Waals surface area contributed by atoms with Gasteiger partial charge in [0.1, 0.15) is 5.82 Å². The molecule has 1 amide bonds. The monoisotopic (exact) mass is 617 g/mol. The predicted octanol–water partition coefficient (Wildman–Crippen LogP) is 3.49. The van der Waals surface area contributed by atoms with Crippen molar-refractivity contribution in [3.8, 4) is 0 Å². The Bertz CT molecular complexity index is 1520. The van der Waals surface area contributed by atoms with Gasteiger partial charge < -0.3 is 15.0 Å². The summed E-state index contributed by atoms with van der Waals surface area (Å²) in [5, 5.41) is 11.1. The van der Waals surface area contributed by atoms with Gasteiger partial charge in [-0.15, -0.1) is 10.2 Å². The minimum Gasteiger partial charge on any atom is -0.379 e. The summed E-state index contributed by atoms with van der Waals surface area (Å²) in [6.45, 7) is 13.0. The highest BCUT2D eigenvalue weighted by Gasteiger charge is 2.45. The van der Waals surface area contributed by atoms with E-state index in [4.69, 9.17) is 4.74 Å². The van der Waals surface area contributed by atoms with Crippen LogP contribution < -0.4 is 10.2 Å². The summed E-state index contributed by atoms with van der Waals surface area (Å²) >= 11 is 0. The van der Waals surface area contributed by atoms with Crippen molar-refractivity contribution in [1.29, 1.82) is 0 Å². The second-order valence-corrected chi connectivity index (χ2v) is 13.1. The highest BCUT2D eigenvalue weighted by Crippen LogP contribution is 2.45. The van der Waals surface area contributed by atoms with Gasteiger partial charge in [0, 0.05) is 73.9 Å². The molecule has 6 rings (SSSR count). The Hall–Kier alpha value is -3.13. The van der Waals surface area contributed by atoms with Crippen molar-refractivity contribution in [2.75, 3.05) is 57.4 Å². The maximum atomic E-state index is 14.1. The molecule has 3 aliphatic heterocycles. The Kier molecular flexibility index (Phi) is 8.18. The number of nitrogens with one attached hydrogen (secondary N) is 1. The summed E-state index contributed by atoms with van der Waals surface area (Å²) in [6.07, 6.45) is -4.67. The van der Waals surface area contributed by atoms with Gasteiger partial charge >= 0.3 is 6.18 Å². The standard InChI is InChI=1S/C31H39F4N7O2/c1-19-14-40(24(13-36-19)15-39-9-10-44-17-20(39)2)16-26(43)41-18-30(3,4)27-25(41)12-23(11-21-5-7-22(32)8-6-21)42-28(27)37-38-29(42)31(33,34)35/h5-8,12,19-20,24,36H,9-11,13-18H2,1-4H3/t19-,20-,24-/m1/s1. The number of aromatic nitrogens is 3. The third kappa shape index (κ3) is 5.94. The number of morpholine rings is 1. The van der Waals surface area contributed by atoms with Crippen LogP contribution in [0.1, 0.15) is 50.3 Å². The maximum absolute atomic E-state index is 14.1. The first-order valence-electron chi connectivity index (χ1n) is 15.1. The molecule has 44 heavy (non-hydrogen) atoms. The molecular formula is C31H39F4N7O2. The van der Waals surface area contributed by atoms with Crippen LogP contribution in [0.3, 0.4) is 0 Å². The molecule has 0 bridgehead atoms. The Morgan fingerprint density at radius 2 is 1.89 bits per heavy atom. The van der Waals surface area contributed by atoms with E-state index in [-0.39, 0.29) is 42.3 Å². The number of piperazine rings is 1. The van der Waals surface area contributed by atoms with Gasteiger partial charge in [-0.25, -0.2) is 4.39 Å². The van der Waals surface area contributed by atoms with Crippen molar-refractivity contribution in [3.05, 3.63) is 58.8 Å². The number of pyridine rings is 1. The molecule has 2 saturated heterocycles. The van der Waals surface area contributed by atoms with Crippen LogP contribution in [0.15, 0.2) is 30.3 Å². The van der Waals surface area contributed by atoms with E-state index < -0.39 is 23.2 Å². The molecule has 9 nitrogen and oxygen atoms in total. The minimum atomic E-state index is -4.74. The number of benzene rings is 1. The molecule has 3 atom stereocenters. The van der Waals surface area contributed by atoms with Gasteiger partial charge in [0.2, 0.25) is 11.7 Å². The van der Waals surface area contributed by atoms with E-state index in [1.165, 1.54) is 12.1 Å². The number of fused-ring (bicyclic) bond motifs is 3. The molecular weight excluding hydrogens is 578 g/mol. The van der Waals surface area contributed by atoms with E-state index in [0.717, 1.165) is 24.0 Å². The van der Waals surface area contributed by atoms with E-state index >= 15 is 0 Å². The quantitative estimate of drug-likeness (QED) is 0.425. The molecule has 1 aromatic carbocycles. The minimum absolute atomic E-state index is 0.0722. The van der Waals surface area contributed by atoms with Gasteiger partial charge in [-0.1, -0.05) is 26.0 Å². The number of hydrogen-bond donors (Lipinski definition) is 1. The lowest BCUT2D eigenvalue weighted by Gasteiger charge is -2.43. The largest absolute Gasteiger partial charge is 0.452 e. The van der Waals surface area contributed by atoms with Crippen molar-refractivity contribution >= 4 is 17.2 Å². The van der Waals surface area contributed by atoms with Gasteiger partial charge in [-0.05, 0) is 37.6 Å². The van der Waals surface area contributed by atoms with Crippen molar-refractivity contribution in [1.82, 2.24) is 29.7 Å². The molecule has 0 spiro atoms. The highest BCUT2D eigenvalue weighted by atomic mass is 19.4. The normalized spacial score (nSPS) is 24.6. The lowest BCUT2D eigenvalue weighted by Crippen LogP contribution is -2.62. The number of nitrogens with zero attached hydrogens (tertiary/aromatic N) is 6. The van der Waals surface area contributed by atoms with Crippen molar-refractivity contribution in [3.63, 3.8) is 0 Å². The number of rotatable bonds is 6. The van der Waals surface area contributed by atoms with Crippen molar-refractivity contribution in [2.45, 2.75) is 63.8 Å². The first kappa shape index (κ1) is 30.9. The molecule has 0 unspecified atom stereocenters. The summed E-state index contributed by atoms with van der Waals surface area (Å²) in [4.78, 5) is 20.5. The predicted molar refractivity (Wildman–Crippen MR) is 157 cm³/mol. The number of amides is 1. The first-order valence-corrected chi connectivity index (χ1v) is 15.1. The Balaban J connectivity index is 1.35. The van der Waals surface area contributed by atoms with Crippen LogP contribution >= 0.6 is 0 Å². The first-order chi connectivity index (χ1) is 20.8. The zero-order valence-corrected chi connectivity index (χ0v) is 25.5. The molecule has 1 N–H and O–H groups in total. The van der Waals surface area contributed by atoms with Crippen molar-refractivity contribution < 1.29 is 27.1 Å². The van der Waals surface area contributed by atoms with E-state index in [2.05, 4.69) is 39.2 Å². The third-order valence-corrected chi connectivity index (χ3v) is 9.12. The lowest BCUT2D eigenvalue weighted by atomic mass is 9.87. The van der Waals surface area contributed by atoms with Gasteiger partial charge in [0.25, 0.3) is 0 Å². The number of hydrogen-bond acceptors (Lipinski definition) is 7. The molecule has 0 radical (unpaired) electrons. The summed E-state index contributed by atoms with van der Waals surface area (Å²) in [6, 6.07) is 7.91. The highest BCUT2D eigenvalue weighted by molar-refractivity contribution is 5.99. The van der Waals surface area contributed by atoms with Crippen LogP contribution in [0.25, 0.3) is 5.65 Å². The molecule has 3 aromatic rings.